The maximum absolute atomic E-state index is 12.8. The summed E-state index contributed by atoms with van der Waals surface area (Å²) in [7, 11) is 0. The van der Waals surface area contributed by atoms with Gasteiger partial charge in [0.15, 0.2) is 6.10 Å². The van der Waals surface area contributed by atoms with E-state index in [9.17, 15) is 14.4 Å². The van der Waals surface area contributed by atoms with E-state index in [2.05, 4.69) is 106 Å². The lowest BCUT2D eigenvalue weighted by Gasteiger charge is -2.18. The largest absolute Gasteiger partial charge is 0.462 e. The molecule has 1 unspecified atom stereocenters. The third-order valence-electron chi connectivity index (χ3n) is 11.6. The maximum Gasteiger partial charge on any atom is 0.306 e. The van der Waals surface area contributed by atoms with Crippen LogP contribution in [0.4, 0.5) is 0 Å². The van der Waals surface area contributed by atoms with E-state index in [0.29, 0.717) is 19.3 Å². The van der Waals surface area contributed by atoms with E-state index in [1.54, 1.807) is 0 Å². The van der Waals surface area contributed by atoms with Crippen molar-refractivity contribution in [2.24, 2.45) is 0 Å². The van der Waals surface area contributed by atoms with E-state index >= 15 is 0 Å². The second kappa shape index (κ2) is 54.2. The van der Waals surface area contributed by atoms with Gasteiger partial charge in [0.1, 0.15) is 13.2 Å². The van der Waals surface area contributed by atoms with E-state index in [4.69, 9.17) is 14.2 Å². The summed E-state index contributed by atoms with van der Waals surface area (Å²) >= 11 is 0. The van der Waals surface area contributed by atoms with Gasteiger partial charge in [-0.25, -0.2) is 0 Å². The highest BCUT2D eigenvalue weighted by Crippen LogP contribution is 2.15. The number of carbonyl (C=O) groups excluding carboxylic acids is 3. The Balaban J connectivity index is 4.35. The topological polar surface area (TPSA) is 78.9 Å². The summed E-state index contributed by atoms with van der Waals surface area (Å²) in [6, 6.07) is 0. The molecule has 0 spiro atoms. The van der Waals surface area contributed by atoms with Crippen molar-refractivity contribution < 1.29 is 28.6 Å². The molecule has 0 aliphatic carbocycles. The Hall–Kier alpha value is -3.41. The smallest absolute Gasteiger partial charge is 0.306 e. The van der Waals surface area contributed by atoms with E-state index in [-0.39, 0.29) is 31.1 Å². The van der Waals surface area contributed by atoms with Crippen molar-refractivity contribution in [2.45, 2.75) is 264 Å². The quantitative estimate of drug-likeness (QED) is 0.0262. The Morgan fingerprint density at radius 3 is 0.924 bits per heavy atom. The van der Waals surface area contributed by atoms with E-state index in [1.807, 2.05) is 0 Å². The highest BCUT2D eigenvalue weighted by molar-refractivity contribution is 5.71. The van der Waals surface area contributed by atoms with E-state index < -0.39 is 6.10 Å². The molecule has 0 amide bonds. The maximum atomic E-state index is 12.8. The Bertz CT molecular complexity index is 1290. The predicted molar refractivity (Wildman–Crippen MR) is 284 cm³/mol. The normalized spacial score (nSPS) is 12.7. The van der Waals surface area contributed by atoms with Crippen LogP contribution in [0.3, 0.4) is 0 Å². The first kappa shape index (κ1) is 62.6. The third-order valence-corrected chi connectivity index (χ3v) is 11.6. The molecule has 0 aliphatic heterocycles. The van der Waals surface area contributed by atoms with Crippen LogP contribution in [0.2, 0.25) is 0 Å². The molecule has 0 aliphatic rings. The number of hydrogen-bond acceptors (Lipinski definition) is 6. The zero-order chi connectivity index (χ0) is 47.9. The molecule has 0 aromatic heterocycles. The molecule has 0 aromatic rings. The monoisotopic (exact) mass is 919 g/mol. The van der Waals surface area contributed by atoms with Crippen LogP contribution in [-0.2, 0) is 28.6 Å². The average Bonchev–Trinajstić information content (AvgIpc) is 3.31. The molecule has 6 nitrogen and oxygen atoms in total. The van der Waals surface area contributed by atoms with Crippen LogP contribution >= 0.6 is 0 Å². The number of esters is 3. The van der Waals surface area contributed by atoms with Gasteiger partial charge in [-0.1, -0.05) is 234 Å². The molecule has 0 saturated carbocycles. The summed E-state index contributed by atoms with van der Waals surface area (Å²) in [6.07, 6.45) is 70.0. The zero-order valence-electron chi connectivity index (χ0n) is 43.2. The van der Waals surface area contributed by atoms with Gasteiger partial charge in [-0.05, 0) is 89.9 Å². The fraction of sp³-hybridized carbons (Fsp3) is 0.717. The van der Waals surface area contributed by atoms with Crippen molar-refractivity contribution in [3.63, 3.8) is 0 Å². The van der Waals surface area contributed by atoms with Crippen LogP contribution in [0.1, 0.15) is 258 Å². The number of carbonyl (C=O) groups is 3. The molecule has 0 aromatic carbocycles. The first-order chi connectivity index (χ1) is 32.5. The molecular formula is C60H102O6. The van der Waals surface area contributed by atoms with Crippen molar-refractivity contribution in [3.05, 3.63) is 85.1 Å². The van der Waals surface area contributed by atoms with Crippen molar-refractivity contribution in [1.29, 1.82) is 0 Å². The Morgan fingerprint density at radius 1 is 0.318 bits per heavy atom. The summed E-state index contributed by atoms with van der Waals surface area (Å²) in [4.78, 5) is 38.0. The highest BCUT2D eigenvalue weighted by Gasteiger charge is 2.19. The number of hydrogen-bond donors (Lipinski definition) is 0. The van der Waals surface area contributed by atoms with Crippen molar-refractivity contribution in [2.75, 3.05) is 13.2 Å². The fourth-order valence-electron chi connectivity index (χ4n) is 7.57. The minimum Gasteiger partial charge on any atom is -0.462 e. The highest BCUT2D eigenvalue weighted by atomic mass is 16.6. The minimum absolute atomic E-state index is 0.0820. The Morgan fingerprint density at radius 2 is 0.591 bits per heavy atom. The van der Waals surface area contributed by atoms with Gasteiger partial charge >= 0.3 is 17.9 Å². The molecule has 1 atom stereocenters. The summed E-state index contributed by atoms with van der Waals surface area (Å²) in [5.74, 6) is -0.900. The van der Waals surface area contributed by atoms with Crippen LogP contribution in [0.25, 0.3) is 0 Å². The van der Waals surface area contributed by atoms with Gasteiger partial charge in [0.25, 0.3) is 0 Å². The zero-order valence-corrected chi connectivity index (χ0v) is 43.2. The average molecular weight is 919 g/mol. The lowest BCUT2D eigenvalue weighted by Crippen LogP contribution is -2.30. The van der Waals surface area contributed by atoms with Crippen molar-refractivity contribution >= 4 is 17.9 Å². The van der Waals surface area contributed by atoms with Crippen LogP contribution < -0.4 is 0 Å². The van der Waals surface area contributed by atoms with Crippen LogP contribution in [-0.4, -0.2) is 37.2 Å². The van der Waals surface area contributed by atoms with Crippen molar-refractivity contribution in [3.8, 4) is 0 Å². The lowest BCUT2D eigenvalue weighted by molar-refractivity contribution is -0.167. The van der Waals surface area contributed by atoms with Gasteiger partial charge in [0.2, 0.25) is 0 Å². The molecule has 0 rings (SSSR count). The second-order valence-electron chi connectivity index (χ2n) is 18.1. The second-order valence-corrected chi connectivity index (χ2v) is 18.1. The number of rotatable bonds is 49. The molecule has 0 saturated heterocycles. The standard InChI is InChI=1S/C60H102O6/c1-4-7-10-13-16-19-22-24-26-28-30-32-34-36-38-41-44-47-50-53-59(62)65-56-57(55-64-58(61)52-49-46-43-40-21-18-15-12-9-6-3)66-60(63)54-51-48-45-42-39-37-35-33-31-29-27-25-23-20-17-14-11-8-5-2/h7-8,10-11,16-17,19-20,24-27,30,32,57H,4-6,9,12-15,18,21-23,28-29,31,33-56H2,1-3H3/b10-7-,11-8-,19-16-,20-17-,26-24-,27-25-,32-30-. The van der Waals surface area contributed by atoms with Crippen molar-refractivity contribution in [1.82, 2.24) is 0 Å². The first-order valence-electron chi connectivity index (χ1n) is 27.6. The molecule has 66 heavy (non-hydrogen) atoms. The van der Waals surface area contributed by atoms with Gasteiger partial charge in [-0.15, -0.1) is 0 Å². The van der Waals surface area contributed by atoms with E-state index in [0.717, 1.165) is 109 Å². The number of ether oxygens (including phenoxy) is 3. The Labute approximate surface area is 407 Å². The van der Waals surface area contributed by atoms with Crippen LogP contribution in [0, 0.1) is 0 Å². The van der Waals surface area contributed by atoms with Crippen LogP contribution in [0.5, 0.6) is 0 Å². The number of unbranched alkanes of at least 4 members (excludes halogenated alkanes) is 24. The minimum atomic E-state index is -0.784. The van der Waals surface area contributed by atoms with Gasteiger partial charge in [-0.2, -0.15) is 0 Å². The molecular weight excluding hydrogens is 817 g/mol. The third kappa shape index (κ3) is 51.6. The molecule has 0 bridgehead atoms. The predicted octanol–water partition coefficient (Wildman–Crippen LogP) is 18.4. The summed E-state index contributed by atoms with van der Waals surface area (Å²) in [6.45, 7) is 6.40. The SMILES string of the molecule is CC/C=C\C/C=C\C/C=C\C/C=C\CCCCCCCCC(=O)OCC(COC(=O)CCCCCCCCCCCC)OC(=O)CCCCCCCCCCC/C=C\C/C=C\C/C=C\CC. The lowest BCUT2D eigenvalue weighted by atomic mass is 10.1. The van der Waals surface area contributed by atoms with E-state index in [1.165, 1.54) is 109 Å². The van der Waals surface area contributed by atoms with Gasteiger partial charge in [0, 0.05) is 19.3 Å². The van der Waals surface area contributed by atoms with Crippen LogP contribution in [0.15, 0.2) is 85.1 Å². The summed E-state index contributed by atoms with van der Waals surface area (Å²) in [5, 5.41) is 0. The molecule has 378 valence electrons. The van der Waals surface area contributed by atoms with Gasteiger partial charge in [0.05, 0.1) is 0 Å². The fourth-order valence-corrected chi connectivity index (χ4v) is 7.57. The molecule has 0 N–H and O–H groups in total. The number of allylic oxidation sites excluding steroid dienone is 14. The summed E-state index contributed by atoms with van der Waals surface area (Å²) < 4.78 is 16.8. The summed E-state index contributed by atoms with van der Waals surface area (Å²) in [5.41, 5.74) is 0. The molecule has 0 heterocycles. The van der Waals surface area contributed by atoms with Gasteiger partial charge in [-0.3, -0.25) is 14.4 Å². The molecule has 6 heteroatoms. The first-order valence-corrected chi connectivity index (χ1v) is 27.6. The molecule has 0 radical (unpaired) electrons. The Kier molecular flexibility index (Phi) is 51.4. The van der Waals surface area contributed by atoms with Gasteiger partial charge < -0.3 is 14.2 Å². The molecule has 0 fully saturated rings.